The molecule has 0 radical (unpaired) electrons. The number of amides is 1. The van der Waals surface area contributed by atoms with E-state index in [1.165, 1.54) is 4.68 Å². The minimum Gasteiger partial charge on any atom is -0.310 e. The number of nitrogens with zero attached hydrogens (tertiary/aromatic N) is 3. The number of hydrogen-bond acceptors (Lipinski definition) is 5. The third-order valence-corrected chi connectivity index (χ3v) is 8.00. The summed E-state index contributed by atoms with van der Waals surface area (Å²) in [5, 5.41) is 7.07. The van der Waals surface area contributed by atoms with Crippen LogP contribution in [-0.2, 0) is 14.8 Å². The Hall–Kier alpha value is -2.52. The van der Waals surface area contributed by atoms with Gasteiger partial charge in [-0.3, -0.25) is 9.59 Å². The summed E-state index contributed by atoms with van der Waals surface area (Å²) in [5.74, 6) is 0.306. The summed E-state index contributed by atoms with van der Waals surface area (Å²) < 4.78 is 29.5. The Balaban J connectivity index is 1.80. The molecule has 0 spiro atoms. The SMILES string of the molecule is Cc1ccc(-c2c(C)nn3c2NC(=O)CCC3=O)cc1S(=O)(=O)N1CCC(C)CC1. The van der Waals surface area contributed by atoms with Crippen LogP contribution < -0.4 is 5.32 Å². The Morgan fingerprint density at radius 2 is 1.80 bits per heavy atom. The van der Waals surface area contributed by atoms with E-state index in [2.05, 4.69) is 17.3 Å². The minimum atomic E-state index is -3.64. The first-order valence-corrected chi connectivity index (χ1v) is 11.7. The molecule has 2 aliphatic heterocycles. The fourth-order valence-electron chi connectivity index (χ4n) is 4.09. The Bertz CT molecular complexity index is 1130. The van der Waals surface area contributed by atoms with Crippen molar-refractivity contribution in [1.29, 1.82) is 0 Å². The van der Waals surface area contributed by atoms with Gasteiger partial charge in [-0.2, -0.15) is 14.1 Å². The van der Waals surface area contributed by atoms with Crippen molar-refractivity contribution in [3.8, 4) is 11.1 Å². The summed E-state index contributed by atoms with van der Waals surface area (Å²) in [5.41, 5.74) is 2.40. The number of hydrogen-bond donors (Lipinski definition) is 1. The van der Waals surface area contributed by atoms with Gasteiger partial charge in [0.2, 0.25) is 21.8 Å². The molecule has 160 valence electrons. The van der Waals surface area contributed by atoms with Gasteiger partial charge in [-0.15, -0.1) is 0 Å². The molecule has 9 heteroatoms. The van der Waals surface area contributed by atoms with Crippen LogP contribution in [0.4, 0.5) is 5.82 Å². The van der Waals surface area contributed by atoms with Crippen LogP contribution in [0.5, 0.6) is 0 Å². The van der Waals surface area contributed by atoms with E-state index < -0.39 is 10.0 Å². The molecule has 1 fully saturated rings. The van der Waals surface area contributed by atoms with Gasteiger partial charge in [0.15, 0.2) is 0 Å². The van der Waals surface area contributed by atoms with Gasteiger partial charge in [0.25, 0.3) is 0 Å². The van der Waals surface area contributed by atoms with Gasteiger partial charge in [0.05, 0.1) is 10.6 Å². The van der Waals surface area contributed by atoms with E-state index >= 15 is 0 Å². The highest BCUT2D eigenvalue weighted by molar-refractivity contribution is 7.89. The third kappa shape index (κ3) is 3.56. The van der Waals surface area contributed by atoms with Crippen molar-refractivity contribution in [1.82, 2.24) is 14.1 Å². The molecule has 2 aliphatic rings. The van der Waals surface area contributed by atoms with Crippen molar-refractivity contribution in [2.24, 2.45) is 5.92 Å². The van der Waals surface area contributed by atoms with E-state index in [1.807, 2.05) is 0 Å². The molecule has 3 heterocycles. The number of aromatic nitrogens is 2. The number of rotatable bonds is 3. The lowest BCUT2D eigenvalue weighted by Crippen LogP contribution is -2.38. The fraction of sp³-hybridized carbons (Fsp3) is 0.476. The third-order valence-electron chi connectivity index (χ3n) is 5.96. The monoisotopic (exact) mass is 430 g/mol. The van der Waals surface area contributed by atoms with Crippen LogP contribution in [0.1, 0.15) is 48.7 Å². The van der Waals surface area contributed by atoms with Crippen LogP contribution in [0.2, 0.25) is 0 Å². The van der Waals surface area contributed by atoms with Gasteiger partial charge < -0.3 is 5.32 Å². The van der Waals surface area contributed by atoms with E-state index in [9.17, 15) is 18.0 Å². The molecule has 30 heavy (non-hydrogen) atoms. The quantitative estimate of drug-likeness (QED) is 0.807. The zero-order chi connectivity index (χ0) is 21.6. The summed E-state index contributed by atoms with van der Waals surface area (Å²) in [6.45, 7) is 6.69. The smallest absolute Gasteiger partial charge is 0.249 e. The number of aryl methyl sites for hydroxylation is 2. The van der Waals surface area contributed by atoms with Crippen molar-refractivity contribution >= 4 is 27.7 Å². The second-order valence-corrected chi connectivity index (χ2v) is 10.1. The Labute approximate surface area is 176 Å². The number of anilines is 1. The molecule has 8 nitrogen and oxygen atoms in total. The zero-order valence-corrected chi connectivity index (χ0v) is 18.3. The molecule has 0 saturated carbocycles. The number of piperidine rings is 1. The first-order valence-electron chi connectivity index (χ1n) is 10.2. The molecule has 1 aromatic heterocycles. The van der Waals surface area contributed by atoms with Crippen LogP contribution in [-0.4, -0.2) is 47.4 Å². The first kappa shape index (κ1) is 20.7. The lowest BCUT2D eigenvalue weighted by Gasteiger charge is -2.30. The number of benzene rings is 1. The molecule has 1 saturated heterocycles. The molecule has 4 rings (SSSR count). The molecule has 0 aliphatic carbocycles. The molecular formula is C21H26N4O4S. The highest BCUT2D eigenvalue weighted by Crippen LogP contribution is 2.36. The van der Waals surface area contributed by atoms with Crippen molar-refractivity contribution < 1.29 is 18.0 Å². The van der Waals surface area contributed by atoms with E-state index in [-0.39, 0.29) is 29.6 Å². The Morgan fingerprint density at radius 3 is 2.50 bits per heavy atom. The summed E-state index contributed by atoms with van der Waals surface area (Å²) >= 11 is 0. The minimum absolute atomic E-state index is 0.0836. The second-order valence-electron chi connectivity index (χ2n) is 8.23. The van der Waals surface area contributed by atoms with Gasteiger partial charge in [-0.05, 0) is 49.8 Å². The predicted molar refractivity (Wildman–Crippen MR) is 113 cm³/mol. The molecular weight excluding hydrogens is 404 g/mol. The van der Waals surface area contributed by atoms with E-state index in [0.717, 1.165) is 12.8 Å². The maximum atomic E-state index is 13.4. The number of sulfonamides is 1. The second kappa shape index (κ2) is 7.63. The van der Waals surface area contributed by atoms with Crippen LogP contribution in [0, 0.1) is 19.8 Å². The number of carbonyl (C=O) groups is 2. The van der Waals surface area contributed by atoms with E-state index in [0.29, 0.717) is 47.2 Å². The lowest BCUT2D eigenvalue weighted by atomic mass is 10.0. The molecule has 1 N–H and O–H groups in total. The highest BCUT2D eigenvalue weighted by atomic mass is 32.2. The lowest BCUT2D eigenvalue weighted by molar-refractivity contribution is -0.116. The zero-order valence-electron chi connectivity index (χ0n) is 17.4. The van der Waals surface area contributed by atoms with Crippen LogP contribution in [0.3, 0.4) is 0 Å². The summed E-state index contributed by atoms with van der Waals surface area (Å²) in [4.78, 5) is 24.7. The van der Waals surface area contributed by atoms with Gasteiger partial charge in [0, 0.05) is 31.5 Å². The van der Waals surface area contributed by atoms with Gasteiger partial charge in [-0.1, -0.05) is 19.1 Å². The average molecular weight is 431 g/mol. The van der Waals surface area contributed by atoms with Gasteiger partial charge in [0.1, 0.15) is 5.82 Å². The molecule has 0 bridgehead atoms. The van der Waals surface area contributed by atoms with Crippen LogP contribution in [0.15, 0.2) is 23.1 Å². The maximum Gasteiger partial charge on any atom is 0.249 e. The van der Waals surface area contributed by atoms with Gasteiger partial charge >= 0.3 is 0 Å². The molecule has 1 aromatic carbocycles. The average Bonchev–Trinajstić information content (AvgIpc) is 2.95. The molecule has 1 amide bonds. The summed E-state index contributed by atoms with van der Waals surface area (Å²) in [6.07, 6.45) is 1.88. The van der Waals surface area contributed by atoms with Gasteiger partial charge in [-0.25, -0.2) is 8.42 Å². The van der Waals surface area contributed by atoms with E-state index in [4.69, 9.17) is 0 Å². The van der Waals surface area contributed by atoms with Crippen LogP contribution >= 0.6 is 0 Å². The van der Waals surface area contributed by atoms with E-state index in [1.54, 1.807) is 36.4 Å². The van der Waals surface area contributed by atoms with Crippen molar-refractivity contribution in [2.45, 2.75) is 51.3 Å². The standard InChI is InChI=1S/C21H26N4O4S/c1-13-8-10-24(11-9-13)30(28,29)17-12-16(5-4-14(17)2)20-15(3)23-25-19(27)7-6-18(26)22-21(20)25/h4-5,12-13H,6-11H2,1-3H3,(H,22,26). The first-order chi connectivity index (χ1) is 14.2. The van der Waals surface area contributed by atoms with Crippen molar-refractivity contribution in [3.05, 3.63) is 29.5 Å². The number of nitrogens with one attached hydrogen (secondary N) is 1. The number of fused-ring (bicyclic) bond motifs is 1. The summed E-state index contributed by atoms with van der Waals surface area (Å²) in [6, 6.07) is 5.20. The largest absolute Gasteiger partial charge is 0.310 e. The highest BCUT2D eigenvalue weighted by Gasteiger charge is 2.31. The molecule has 0 unspecified atom stereocenters. The van der Waals surface area contributed by atoms with Crippen molar-refractivity contribution in [2.75, 3.05) is 18.4 Å². The predicted octanol–water partition coefficient (Wildman–Crippen LogP) is 2.96. The fourth-order valence-corrected chi connectivity index (χ4v) is 5.81. The normalized spacial score (nSPS) is 18.8. The Kier molecular flexibility index (Phi) is 5.27. The maximum absolute atomic E-state index is 13.4. The molecule has 2 aromatic rings. The molecule has 0 atom stereocenters. The van der Waals surface area contributed by atoms with Crippen molar-refractivity contribution in [3.63, 3.8) is 0 Å². The Morgan fingerprint density at radius 1 is 1.10 bits per heavy atom. The topological polar surface area (TPSA) is 101 Å². The van der Waals surface area contributed by atoms with Crippen LogP contribution in [0.25, 0.3) is 11.1 Å². The summed E-state index contributed by atoms with van der Waals surface area (Å²) in [7, 11) is -3.64. The number of carbonyl (C=O) groups excluding carboxylic acids is 2.